The normalized spacial score (nSPS) is 16.1. The smallest absolute Gasteiger partial charge is 0.235 e. The van der Waals surface area contributed by atoms with Gasteiger partial charge in [0.15, 0.2) is 0 Å². The summed E-state index contributed by atoms with van der Waals surface area (Å²) in [4.78, 5) is 14.3. The molecule has 0 radical (unpaired) electrons. The number of hydrogen-bond donors (Lipinski definition) is 0. The number of amides is 1. The molecule has 1 aliphatic rings. The van der Waals surface area contributed by atoms with E-state index in [2.05, 4.69) is 15.5 Å². The van der Waals surface area contributed by atoms with Crippen LogP contribution in [0.5, 0.6) is 0 Å². The Kier molecular flexibility index (Phi) is 4.19. The molecule has 0 spiro atoms. The van der Waals surface area contributed by atoms with Gasteiger partial charge in [-0.25, -0.2) is 0 Å². The Balaban J connectivity index is 1.73. The Morgan fingerprint density at radius 3 is 2.67 bits per heavy atom. The second-order valence-electron chi connectivity index (χ2n) is 5.00. The lowest BCUT2D eigenvalue weighted by Crippen LogP contribution is -2.34. The van der Waals surface area contributed by atoms with Crippen LogP contribution in [-0.2, 0) is 4.79 Å². The summed E-state index contributed by atoms with van der Waals surface area (Å²) in [7, 11) is 0. The third-order valence-electron chi connectivity index (χ3n) is 3.49. The monoisotopic (exact) mass is 303 g/mol. The molecule has 2 heterocycles. The van der Waals surface area contributed by atoms with E-state index in [0.717, 1.165) is 31.6 Å². The number of tetrazole rings is 1. The van der Waals surface area contributed by atoms with E-state index in [-0.39, 0.29) is 11.2 Å². The summed E-state index contributed by atoms with van der Waals surface area (Å²) in [5.41, 5.74) is 0.894. The van der Waals surface area contributed by atoms with Crippen LogP contribution in [0.15, 0.2) is 35.5 Å². The zero-order valence-corrected chi connectivity index (χ0v) is 12.7. The molecule has 21 heavy (non-hydrogen) atoms. The van der Waals surface area contributed by atoms with E-state index in [0.29, 0.717) is 5.16 Å². The fourth-order valence-electron chi connectivity index (χ4n) is 2.39. The topological polar surface area (TPSA) is 63.9 Å². The number of aromatic nitrogens is 4. The number of benzene rings is 1. The highest BCUT2D eigenvalue weighted by atomic mass is 32.2. The van der Waals surface area contributed by atoms with Gasteiger partial charge in [-0.05, 0) is 42.3 Å². The van der Waals surface area contributed by atoms with E-state index in [4.69, 9.17) is 0 Å². The van der Waals surface area contributed by atoms with Crippen LogP contribution >= 0.6 is 11.8 Å². The number of hydrogen-bond acceptors (Lipinski definition) is 5. The van der Waals surface area contributed by atoms with Crippen LogP contribution in [0.4, 0.5) is 0 Å². The van der Waals surface area contributed by atoms with Crippen molar-refractivity contribution in [1.29, 1.82) is 0 Å². The maximum atomic E-state index is 12.3. The van der Waals surface area contributed by atoms with Gasteiger partial charge in [-0.2, -0.15) is 4.68 Å². The molecule has 1 amide bonds. The Hall–Kier alpha value is -1.89. The molecule has 1 aromatic heterocycles. The van der Waals surface area contributed by atoms with Gasteiger partial charge in [0.2, 0.25) is 11.1 Å². The van der Waals surface area contributed by atoms with Crippen LogP contribution in [0.3, 0.4) is 0 Å². The van der Waals surface area contributed by atoms with Crippen LogP contribution in [0, 0.1) is 0 Å². The Labute approximate surface area is 127 Å². The Morgan fingerprint density at radius 1 is 1.24 bits per heavy atom. The molecule has 0 unspecified atom stereocenters. The minimum atomic E-state index is -0.184. The molecule has 110 valence electrons. The quantitative estimate of drug-likeness (QED) is 0.805. The summed E-state index contributed by atoms with van der Waals surface area (Å²) in [6, 6.07) is 9.69. The maximum Gasteiger partial charge on any atom is 0.235 e. The lowest BCUT2D eigenvalue weighted by Gasteiger charge is -2.19. The SMILES string of the molecule is C[C@H](Sc1nnnn1-c1ccccc1)C(=O)N1CCCC1. The van der Waals surface area contributed by atoms with Gasteiger partial charge in [0, 0.05) is 13.1 Å². The molecule has 1 atom stereocenters. The van der Waals surface area contributed by atoms with Gasteiger partial charge in [-0.15, -0.1) is 5.10 Å². The number of carbonyl (C=O) groups is 1. The molecule has 1 saturated heterocycles. The van der Waals surface area contributed by atoms with Gasteiger partial charge < -0.3 is 4.90 Å². The molecule has 0 N–H and O–H groups in total. The molecule has 7 heteroatoms. The van der Waals surface area contributed by atoms with Crippen molar-refractivity contribution in [2.24, 2.45) is 0 Å². The fraction of sp³-hybridized carbons (Fsp3) is 0.429. The van der Waals surface area contributed by atoms with Crippen molar-refractivity contribution in [2.45, 2.75) is 30.2 Å². The van der Waals surface area contributed by atoms with Gasteiger partial charge in [0.25, 0.3) is 0 Å². The van der Waals surface area contributed by atoms with Crippen molar-refractivity contribution < 1.29 is 4.79 Å². The van der Waals surface area contributed by atoms with Crippen molar-refractivity contribution in [1.82, 2.24) is 25.1 Å². The van der Waals surface area contributed by atoms with Crippen LogP contribution in [0.25, 0.3) is 5.69 Å². The standard InChI is InChI=1S/C14H17N5OS/c1-11(13(20)18-9-5-6-10-18)21-14-15-16-17-19(14)12-7-3-2-4-8-12/h2-4,7-8,11H,5-6,9-10H2,1H3/t11-/m0/s1. The van der Waals surface area contributed by atoms with Crippen LogP contribution in [0.1, 0.15) is 19.8 Å². The highest BCUT2D eigenvalue weighted by molar-refractivity contribution is 8.00. The minimum Gasteiger partial charge on any atom is -0.342 e. The third-order valence-corrected chi connectivity index (χ3v) is 4.51. The maximum absolute atomic E-state index is 12.3. The average Bonchev–Trinajstić information content (AvgIpc) is 3.19. The molecule has 1 aliphatic heterocycles. The minimum absolute atomic E-state index is 0.167. The summed E-state index contributed by atoms with van der Waals surface area (Å²) in [5.74, 6) is 0.167. The van der Waals surface area contributed by atoms with E-state index in [1.807, 2.05) is 42.2 Å². The van der Waals surface area contributed by atoms with Crippen molar-refractivity contribution in [3.8, 4) is 5.69 Å². The van der Waals surface area contributed by atoms with E-state index in [1.165, 1.54) is 11.8 Å². The summed E-state index contributed by atoms with van der Waals surface area (Å²) in [6.45, 7) is 3.65. The van der Waals surface area contributed by atoms with E-state index in [1.54, 1.807) is 4.68 Å². The van der Waals surface area contributed by atoms with E-state index >= 15 is 0 Å². The predicted octanol–water partition coefficient (Wildman–Crippen LogP) is 1.77. The molecular formula is C14H17N5OS. The number of thioether (sulfide) groups is 1. The molecule has 1 aromatic carbocycles. The summed E-state index contributed by atoms with van der Waals surface area (Å²) < 4.78 is 1.67. The molecule has 3 rings (SSSR count). The molecule has 0 aliphatic carbocycles. The molecule has 2 aromatic rings. The third kappa shape index (κ3) is 3.07. The molecule has 6 nitrogen and oxygen atoms in total. The lowest BCUT2D eigenvalue weighted by molar-refractivity contribution is -0.129. The second kappa shape index (κ2) is 6.26. The largest absolute Gasteiger partial charge is 0.342 e. The summed E-state index contributed by atoms with van der Waals surface area (Å²) in [6.07, 6.45) is 2.20. The van der Waals surface area contributed by atoms with Crippen LogP contribution in [-0.4, -0.2) is 49.4 Å². The Bertz CT molecular complexity index is 609. The van der Waals surface area contributed by atoms with E-state index in [9.17, 15) is 4.79 Å². The number of carbonyl (C=O) groups excluding carboxylic acids is 1. The average molecular weight is 303 g/mol. The van der Waals surface area contributed by atoms with Crippen LogP contribution in [0.2, 0.25) is 0 Å². The summed E-state index contributed by atoms with van der Waals surface area (Å²) in [5, 5.41) is 12.2. The molecular weight excluding hydrogens is 286 g/mol. The van der Waals surface area contributed by atoms with E-state index < -0.39 is 0 Å². The number of para-hydroxylation sites is 1. The first-order chi connectivity index (χ1) is 10.3. The second-order valence-corrected chi connectivity index (χ2v) is 6.31. The number of nitrogens with zero attached hydrogens (tertiary/aromatic N) is 5. The highest BCUT2D eigenvalue weighted by Crippen LogP contribution is 2.25. The fourth-order valence-corrected chi connectivity index (χ4v) is 3.28. The van der Waals surface area contributed by atoms with Gasteiger partial charge in [-0.1, -0.05) is 30.0 Å². The van der Waals surface area contributed by atoms with Crippen molar-refractivity contribution in [2.75, 3.05) is 13.1 Å². The van der Waals surface area contributed by atoms with Crippen molar-refractivity contribution in [3.63, 3.8) is 0 Å². The predicted molar refractivity (Wildman–Crippen MR) is 80.3 cm³/mol. The van der Waals surface area contributed by atoms with Gasteiger partial charge in [0.1, 0.15) is 0 Å². The first-order valence-corrected chi connectivity index (χ1v) is 7.93. The first kappa shape index (κ1) is 14.1. The van der Waals surface area contributed by atoms with Gasteiger partial charge >= 0.3 is 0 Å². The molecule has 1 fully saturated rings. The van der Waals surface area contributed by atoms with Crippen molar-refractivity contribution in [3.05, 3.63) is 30.3 Å². The zero-order chi connectivity index (χ0) is 14.7. The van der Waals surface area contributed by atoms with Crippen LogP contribution < -0.4 is 0 Å². The highest BCUT2D eigenvalue weighted by Gasteiger charge is 2.25. The zero-order valence-electron chi connectivity index (χ0n) is 11.8. The number of likely N-dealkylation sites (tertiary alicyclic amines) is 1. The van der Waals surface area contributed by atoms with Gasteiger partial charge in [-0.3, -0.25) is 4.79 Å². The van der Waals surface area contributed by atoms with Crippen molar-refractivity contribution >= 4 is 17.7 Å². The summed E-state index contributed by atoms with van der Waals surface area (Å²) >= 11 is 1.40. The molecule has 0 saturated carbocycles. The Morgan fingerprint density at radius 2 is 1.95 bits per heavy atom. The lowest BCUT2D eigenvalue weighted by atomic mass is 10.3. The van der Waals surface area contributed by atoms with Gasteiger partial charge in [0.05, 0.1) is 10.9 Å². The molecule has 0 bridgehead atoms. The number of rotatable bonds is 4. The first-order valence-electron chi connectivity index (χ1n) is 7.05.